The number of hydrogen-bond donors (Lipinski definition) is 2. The molecule has 0 saturated heterocycles. The van der Waals surface area contributed by atoms with Gasteiger partial charge in [0, 0.05) is 12.1 Å². The van der Waals surface area contributed by atoms with Crippen molar-refractivity contribution in [1.82, 2.24) is 5.32 Å². The largest absolute Gasteiger partial charge is 0.496 e. The van der Waals surface area contributed by atoms with Crippen molar-refractivity contribution in [1.29, 1.82) is 0 Å². The fourth-order valence-electron chi connectivity index (χ4n) is 1.33. The van der Waals surface area contributed by atoms with Crippen LogP contribution in [0.2, 0.25) is 0 Å². The molecule has 1 aromatic rings. The van der Waals surface area contributed by atoms with E-state index in [-0.39, 0.29) is 6.61 Å². The predicted molar refractivity (Wildman–Crippen MR) is 51.7 cm³/mol. The quantitative estimate of drug-likeness (QED) is 0.725. The summed E-state index contributed by atoms with van der Waals surface area (Å²) in [5, 5.41) is 12.1. The van der Waals surface area contributed by atoms with Crippen LogP contribution in [0.3, 0.4) is 0 Å². The lowest BCUT2D eigenvalue weighted by Gasteiger charge is -2.11. The van der Waals surface area contributed by atoms with E-state index in [1.807, 2.05) is 25.2 Å². The molecule has 72 valence electrons. The Morgan fingerprint density at radius 3 is 2.77 bits per heavy atom. The summed E-state index contributed by atoms with van der Waals surface area (Å²) in [6, 6.07) is 5.67. The molecular formula is C10H15NO2. The van der Waals surface area contributed by atoms with Crippen LogP contribution in [-0.2, 0) is 13.2 Å². The van der Waals surface area contributed by atoms with E-state index >= 15 is 0 Å². The molecule has 1 aromatic carbocycles. The summed E-state index contributed by atoms with van der Waals surface area (Å²) in [6.07, 6.45) is 0. The Balaban J connectivity index is 3.05. The van der Waals surface area contributed by atoms with Gasteiger partial charge in [0.05, 0.1) is 13.7 Å². The summed E-state index contributed by atoms with van der Waals surface area (Å²) >= 11 is 0. The van der Waals surface area contributed by atoms with E-state index in [0.717, 1.165) is 16.9 Å². The average molecular weight is 181 g/mol. The lowest BCUT2D eigenvalue weighted by Crippen LogP contribution is -2.09. The number of aliphatic hydroxyl groups excluding tert-OH is 1. The van der Waals surface area contributed by atoms with Crippen LogP contribution in [0.1, 0.15) is 11.1 Å². The first-order chi connectivity index (χ1) is 6.33. The minimum Gasteiger partial charge on any atom is -0.496 e. The Hall–Kier alpha value is -1.06. The van der Waals surface area contributed by atoms with Crippen molar-refractivity contribution in [3.8, 4) is 5.75 Å². The van der Waals surface area contributed by atoms with Crippen molar-refractivity contribution < 1.29 is 9.84 Å². The number of rotatable bonds is 4. The van der Waals surface area contributed by atoms with Gasteiger partial charge in [0.2, 0.25) is 0 Å². The summed E-state index contributed by atoms with van der Waals surface area (Å²) in [7, 11) is 3.50. The number of aliphatic hydroxyl groups is 1. The van der Waals surface area contributed by atoms with Crippen LogP contribution in [0, 0.1) is 0 Å². The summed E-state index contributed by atoms with van der Waals surface area (Å²) in [5.41, 5.74) is 1.93. The Morgan fingerprint density at radius 1 is 1.46 bits per heavy atom. The van der Waals surface area contributed by atoms with Gasteiger partial charge in [-0.15, -0.1) is 0 Å². The Morgan fingerprint density at radius 2 is 2.23 bits per heavy atom. The van der Waals surface area contributed by atoms with Gasteiger partial charge in [-0.1, -0.05) is 12.1 Å². The molecule has 0 aliphatic rings. The van der Waals surface area contributed by atoms with Crippen molar-refractivity contribution in [2.24, 2.45) is 0 Å². The van der Waals surface area contributed by atoms with Crippen LogP contribution >= 0.6 is 0 Å². The molecule has 0 aromatic heterocycles. The van der Waals surface area contributed by atoms with Gasteiger partial charge in [0.15, 0.2) is 0 Å². The molecule has 0 heterocycles. The normalized spacial score (nSPS) is 10.1. The highest BCUT2D eigenvalue weighted by Crippen LogP contribution is 2.21. The second-order valence-electron chi connectivity index (χ2n) is 2.79. The Kier molecular flexibility index (Phi) is 3.73. The molecule has 0 aliphatic carbocycles. The monoisotopic (exact) mass is 181 g/mol. The first kappa shape index (κ1) is 10.0. The van der Waals surface area contributed by atoms with Gasteiger partial charge in [-0.05, 0) is 18.7 Å². The van der Waals surface area contributed by atoms with Crippen LogP contribution < -0.4 is 10.1 Å². The molecule has 0 fully saturated rings. The summed E-state index contributed by atoms with van der Waals surface area (Å²) in [5.74, 6) is 0.820. The maximum absolute atomic E-state index is 9.08. The zero-order valence-electron chi connectivity index (χ0n) is 8.00. The molecule has 0 spiro atoms. The number of methoxy groups -OCH3 is 1. The average Bonchev–Trinajstić information content (AvgIpc) is 2.18. The molecule has 0 atom stereocenters. The van der Waals surface area contributed by atoms with E-state index in [2.05, 4.69) is 5.32 Å². The molecule has 13 heavy (non-hydrogen) atoms. The number of nitrogens with one attached hydrogen (secondary N) is 1. The minimum absolute atomic E-state index is 0.0498. The highest BCUT2D eigenvalue weighted by Gasteiger charge is 2.06. The molecule has 0 radical (unpaired) electrons. The lowest BCUT2D eigenvalue weighted by molar-refractivity contribution is 0.279. The Labute approximate surface area is 78.3 Å². The molecule has 0 amide bonds. The smallest absolute Gasteiger partial charge is 0.123 e. The fourth-order valence-corrected chi connectivity index (χ4v) is 1.33. The third-order valence-electron chi connectivity index (χ3n) is 1.97. The Bertz CT molecular complexity index is 251. The molecule has 1 rings (SSSR count). The molecule has 0 aliphatic heterocycles. The molecule has 0 saturated carbocycles. The van der Waals surface area contributed by atoms with Crippen LogP contribution in [0.25, 0.3) is 0 Å². The van der Waals surface area contributed by atoms with Gasteiger partial charge >= 0.3 is 0 Å². The first-order valence-corrected chi connectivity index (χ1v) is 4.23. The van der Waals surface area contributed by atoms with Crippen LogP contribution in [0.4, 0.5) is 0 Å². The SMILES string of the molecule is CNCc1c(CO)cccc1OC. The predicted octanol–water partition coefficient (Wildman–Crippen LogP) is 0.907. The van der Waals surface area contributed by atoms with E-state index < -0.39 is 0 Å². The zero-order valence-corrected chi connectivity index (χ0v) is 8.00. The molecule has 2 N–H and O–H groups in total. The number of ether oxygens (including phenoxy) is 1. The zero-order chi connectivity index (χ0) is 9.68. The second-order valence-corrected chi connectivity index (χ2v) is 2.79. The maximum Gasteiger partial charge on any atom is 0.123 e. The standard InChI is InChI=1S/C10H15NO2/c1-11-6-9-8(7-12)4-3-5-10(9)13-2/h3-5,11-12H,6-7H2,1-2H3. The second kappa shape index (κ2) is 4.84. The van der Waals surface area contributed by atoms with Crippen LogP contribution in [0.5, 0.6) is 5.75 Å². The van der Waals surface area contributed by atoms with E-state index in [4.69, 9.17) is 9.84 Å². The maximum atomic E-state index is 9.08. The van der Waals surface area contributed by atoms with E-state index in [9.17, 15) is 0 Å². The molecule has 3 heteroatoms. The van der Waals surface area contributed by atoms with Crippen molar-refractivity contribution in [3.05, 3.63) is 29.3 Å². The van der Waals surface area contributed by atoms with Crippen molar-refractivity contribution in [3.63, 3.8) is 0 Å². The molecule has 3 nitrogen and oxygen atoms in total. The number of benzene rings is 1. The van der Waals surface area contributed by atoms with E-state index in [0.29, 0.717) is 6.54 Å². The van der Waals surface area contributed by atoms with Crippen LogP contribution in [-0.4, -0.2) is 19.3 Å². The lowest BCUT2D eigenvalue weighted by atomic mass is 10.1. The molecule has 0 unspecified atom stereocenters. The highest BCUT2D eigenvalue weighted by atomic mass is 16.5. The van der Waals surface area contributed by atoms with E-state index in [1.165, 1.54) is 0 Å². The topological polar surface area (TPSA) is 41.5 Å². The minimum atomic E-state index is 0.0498. The van der Waals surface area contributed by atoms with Gasteiger partial charge in [-0.3, -0.25) is 0 Å². The summed E-state index contributed by atoms with van der Waals surface area (Å²) in [6.45, 7) is 0.758. The summed E-state index contributed by atoms with van der Waals surface area (Å²) in [4.78, 5) is 0. The molecule has 0 bridgehead atoms. The number of hydrogen-bond acceptors (Lipinski definition) is 3. The summed E-state index contributed by atoms with van der Waals surface area (Å²) < 4.78 is 5.19. The van der Waals surface area contributed by atoms with Crippen molar-refractivity contribution in [2.75, 3.05) is 14.2 Å². The van der Waals surface area contributed by atoms with Gasteiger partial charge < -0.3 is 15.2 Å². The van der Waals surface area contributed by atoms with Gasteiger partial charge in [0.25, 0.3) is 0 Å². The van der Waals surface area contributed by atoms with Crippen LogP contribution in [0.15, 0.2) is 18.2 Å². The molecular weight excluding hydrogens is 166 g/mol. The van der Waals surface area contributed by atoms with Crippen molar-refractivity contribution in [2.45, 2.75) is 13.2 Å². The third-order valence-corrected chi connectivity index (χ3v) is 1.97. The van der Waals surface area contributed by atoms with Gasteiger partial charge in [0.1, 0.15) is 5.75 Å². The van der Waals surface area contributed by atoms with Gasteiger partial charge in [-0.25, -0.2) is 0 Å². The first-order valence-electron chi connectivity index (χ1n) is 4.23. The van der Waals surface area contributed by atoms with Gasteiger partial charge in [-0.2, -0.15) is 0 Å². The van der Waals surface area contributed by atoms with E-state index in [1.54, 1.807) is 7.11 Å². The third kappa shape index (κ3) is 2.20. The fraction of sp³-hybridized carbons (Fsp3) is 0.400. The highest BCUT2D eigenvalue weighted by molar-refractivity contribution is 5.39. The van der Waals surface area contributed by atoms with Crippen molar-refractivity contribution >= 4 is 0 Å².